The minimum atomic E-state index is 0.431. The molecule has 1 aliphatic carbocycles. The molecule has 2 nitrogen and oxygen atoms in total. The molecule has 0 heterocycles. The summed E-state index contributed by atoms with van der Waals surface area (Å²) >= 11 is 0. The highest BCUT2D eigenvalue weighted by molar-refractivity contribution is 5.36. The van der Waals surface area contributed by atoms with Crippen LogP contribution in [0.2, 0.25) is 0 Å². The van der Waals surface area contributed by atoms with Crippen LogP contribution in [0, 0.1) is 0 Å². The summed E-state index contributed by atoms with van der Waals surface area (Å²) in [6, 6.07) is 0. The van der Waals surface area contributed by atoms with E-state index >= 15 is 0 Å². The first-order valence-corrected chi connectivity index (χ1v) is 4.53. The highest BCUT2D eigenvalue weighted by Crippen LogP contribution is 2.20. The van der Waals surface area contributed by atoms with Crippen molar-refractivity contribution in [2.24, 2.45) is 0 Å². The first kappa shape index (κ1) is 11.2. The zero-order valence-corrected chi connectivity index (χ0v) is 7.84. The Morgan fingerprint density at radius 1 is 1.42 bits per heavy atom. The Morgan fingerprint density at radius 3 is 2.17 bits per heavy atom. The Morgan fingerprint density at radius 2 is 2.00 bits per heavy atom. The van der Waals surface area contributed by atoms with Crippen LogP contribution in [0.5, 0.6) is 0 Å². The lowest BCUT2D eigenvalue weighted by Gasteiger charge is -2.10. The van der Waals surface area contributed by atoms with E-state index in [1.54, 1.807) is 6.92 Å². The second-order valence-electron chi connectivity index (χ2n) is 2.86. The molecular weight excluding hydrogens is 152 g/mol. The summed E-state index contributed by atoms with van der Waals surface area (Å²) in [6.45, 7) is 6.58. The fraction of sp³-hybridized carbons (Fsp3) is 0.700. The van der Waals surface area contributed by atoms with E-state index in [-0.39, 0.29) is 0 Å². The predicted octanol–water partition coefficient (Wildman–Crippen LogP) is 2.69. The minimum absolute atomic E-state index is 0.431. The van der Waals surface area contributed by atoms with Crippen molar-refractivity contribution in [2.75, 3.05) is 6.61 Å². The zero-order valence-electron chi connectivity index (χ0n) is 7.84. The number of rotatable bonds is 2. The third kappa shape index (κ3) is 7.32. The summed E-state index contributed by atoms with van der Waals surface area (Å²) in [4.78, 5) is 9.18. The second kappa shape index (κ2) is 8.31. The van der Waals surface area contributed by atoms with Gasteiger partial charge in [-0.2, -0.15) is 0 Å². The number of ether oxygens (including phenoxy) is 1. The minimum Gasteiger partial charge on any atom is -0.468 e. The van der Waals surface area contributed by atoms with Crippen LogP contribution in [-0.2, 0) is 9.53 Å². The molecule has 0 bridgehead atoms. The van der Waals surface area contributed by atoms with Gasteiger partial charge < -0.3 is 4.74 Å². The lowest BCUT2D eigenvalue weighted by atomic mass is 9.97. The molecule has 1 aliphatic rings. The van der Waals surface area contributed by atoms with Gasteiger partial charge in [0.25, 0.3) is 6.47 Å². The SMILES string of the molecule is C=C1CCCCC1.CCOC=O. The summed E-state index contributed by atoms with van der Waals surface area (Å²) < 4.78 is 4.15. The molecule has 0 N–H and O–H groups in total. The van der Waals surface area contributed by atoms with Crippen molar-refractivity contribution in [2.45, 2.75) is 39.0 Å². The van der Waals surface area contributed by atoms with Gasteiger partial charge in [0, 0.05) is 0 Å². The third-order valence-electron chi connectivity index (χ3n) is 1.80. The highest BCUT2D eigenvalue weighted by atomic mass is 16.5. The molecule has 1 saturated carbocycles. The van der Waals surface area contributed by atoms with Gasteiger partial charge in [-0.25, -0.2) is 0 Å². The molecule has 0 aromatic rings. The molecule has 1 rings (SSSR count). The molecule has 0 amide bonds. The van der Waals surface area contributed by atoms with E-state index in [1.807, 2.05) is 0 Å². The number of allylic oxidation sites excluding steroid dienone is 1. The summed E-state index contributed by atoms with van der Waals surface area (Å²) in [6.07, 6.45) is 6.79. The van der Waals surface area contributed by atoms with Crippen LogP contribution >= 0.6 is 0 Å². The van der Waals surface area contributed by atoms with E-state index in [4.69, 9.17) is 0 Å². The van der Waals surface area contributed by atoms with E-state index in [1.165, 1.54) is 37.7 Å². The lowest BCUT2D eigenvalue weighted by molar-refractivity contribution is -0.128. The quantitative estimate of drug-likeness (QED) is 0.470. The molecule has 1 fully saturated rings. The first-order chi connectivity index (χ1) is 5.81. The molecule has 2 heteroatoms. The van der Waals surface area contributed by atoms with Gasteiger partial charge in [0.05, 0.1) is 6.61 Å². The molecule has 0 radical (unpaired) electrons. The Bertz CT molecular complexity index is 122. The van der Waals surface area contributed by atoms with Gasteiger partial charge in [-0.05, 0) is 32.6 Å². The van der Waals surface area contributed by atoms with E-state index in [9.17, 15) is 4.79 Å². The molecule has 0 aromatic carbocycles. The fourth-order valence-electron chi connectivity index (χ4n) is 1.12. The van der Waals surface area contributed by atoms with Gasteiger partial charge in [0.1, 0.15) is 0 Å². The summed E-state index contributed by atoms with van der Waals surface area (Å²) in [5, 5.41) is 0. The molecule has 0 atom stereocenters. The van der Waals surface area contributed by atoms with Crippen molar-refractivity contribution < 1.29 is 9.53 Å². The van der Waals surface area contributed by atoms with Crippen LogP contribution in [-0.4, -0.2) is 13.1 Å². The monoisotopic (exact) mass is 170 g/mol. The number of hydrogen-bond acceptors (Lipinski definition) is 2. The largest absolute Gasteiger partial charge is 0.468 e. The fourth-order valence-corrected chi connectivity index (χ4v) is 1.12. The summed E-state index contributed by atoms with van der Waals surface area (Å²) in [7, 11) is 0. The first-order valence-electron chi connectivity index (χ1n) is 4.53. The highest BCUT2D eigenvalue weighted by Gasteiger charge is 2.00. The summed E-state index contributed by atoms with van der Waals surface area (Å²) in [5.41, 5.74) is 1.46. The molecule has 12 heavy (non-hydrogen) atoms. The second-order valence-corrected chi connectivity index (χ2v) is 2.86. The molecule has 70 valence electrons. The topological polar surface area (TPSA) is 26.3 Å². The number of carbonyl (C=O) groups is 1. The van der Waals surface area contributed by atoms with Crippen LogP contribution in [0.3, 0.4) is 0 Å². The molecule has 0 spiro atoms. The van der Waals surface area contributed by atoms with Crippen LogP contribution in [0.4, 0.5) is 0 Å². The van der Waals surface area contributed by atoms with Crippen LogP contribution < -0.4 is 0 Å². The van der Waals surface area contributed by atoms with Gasteiger partial charge in [0.15, 0.2) is 0 Å². The number of carbonyl (C=O) groups excluding carboxylic acids is 1. The normalized spacial score (nSPS) is 15.9. The standard InChI is InChI=1S/C7H12.C3H6O2/c1-7-5-3-2-4-6-7;1-2-5-3-4/h1-6H2;3H,2H2,1H3. The van der Waals surface area contributed by atoms with Crippen molar-refractivity contribution in [3.8, 4) is 0 Å². The zero-order chi connectivity index (χ0) is 9.23. The maximum absolute atomic E-state index is 9.18. The van der Waals surface area contributed by atoms with E-state index in [0.717, 1.165) is 0 Å². The van der Waals surface area contributed by atoms with Crippen LogP contribution in [0.1, 0.15) is 39.0 Å². The van der Waals surface area contributed by atoms with E-state index in [0.29, 0.717) is 13.1 Å². The van der Waals surface area contributed by atoms with Crippen LogP contribution in [0.15, 0.2) is 12.2 Å². The molecule has 0 saturated heterocycles. The maximum atomic E-state index is 9.18. The third-order valence-corrected chi connectivity index (χ3v) is 1.80. The van der Waals surface area contributed by atoms with Gasteiger partial charge in [-0.3, -0.25) is 4.79 Å². The smallest absolute Gasteiger partial charge is 0.293 e. The maximum Gasteiger partial charge on any atom is 0.293 e. The van der Waals surface area contributed by atoms with Gasteiger partial charge >= 0.3 is 0 Å². The predicted molar refractivity (Wildman–Crippen MR) is 49.9 cm³/mol. The lowest BCUT2D eigenvalue weighted by Crippen LogP contribution is -1.90. The van der Waals surface area contributed by atoms with Crippen molar-refractivity contribution in [3.63, 3.8) is 0 Å². The van der Waals surface area contributed by atoms with Gasteiger partial charge in [-0.1, -0.05) is 18.6 Å². The van der Waals surface area contributed by atoms with Crippen LogP contribution in [0.25, 0.3) is 0 Å². The van der Waals surface area contributed by atoms with Crippen molar-refractivity contribution in [3.05, 3.63) is 12.2 Å². The Hall–Kier alpha value is -0.790. The average molecular weight is 170 g/mol. The van der Waals surface area contributed by atoms with Crippen molar-refractivity contribution in [1.82, 2.24) is 0 Å². The molecule has 0 aromatic heterocycles. The Balaban J connectivity index is 0.000000217. The molecule has 0 unspecified atom stereocenters. The van der Waals surface area contributed by atoms with E-state index < -0.39 is 0 Å². The molecule has 0 aliphatic heterocycles. The van der Waals surface area contributed by atoms with E-state index in [2.05, 4.69) is 11.3 Å². The van der Waals surface area contributed by atoms with Crippen molar-refractivity contribution >= 4 is 6.47 Å². The van der Waals surface area contributed by atoms with Gasteiger partial charge in [-0.15, -0.1) is 0 Å². The number of hydrogen-bond donors (Lipinski definition) is 0. The molecular formula is C10H18O2. The summed E-state index contributed by atoms with van der Waals surface area (Å²) in [5.74, 6) is 0. The Labute approximate surface area is 74.6 Å². The average Bonchev–Trinajstić information content (AvgIpc) is 2.08. The Kier molecular flexibility index (Phi) is 7.76. The van der Waals surface area contributed by atoms with Crippen molar-refractivity contribution in [1.29, 1.82) is 0 Å². The van der Waals surface area contributed by atoms with Gasteiger partial charge in [0.2, 0.25) is 0 Å².